The van der Waals surface area contributed by atoms with Gasteiger partial charge >= 0.3 is 0 Å². The number of hydrogen-bond acceptors (Lipinski definition) is 5. The van der Waals surface area contributed by atoms with Crippen molar-refractivity contribution in [3.05, 3.63) is 0 Å². The maximum absolute atomic E-state index is 12.7. The minimum absolute atomic E-state index is 0. The van der Waals surface area contributed by atoms with Crippen LogP contribution < -0.4 is 5.73 Å². The van der Waals surface area contributed by atoms with E-state index in [0.717, 1.165) is 25.7 Å². The molecule has 4 atom stereocenters. The second kappa shape index (κ2) is 7.03. The summed E-state index contributed by atoms with van der Waals surface area (Å²) in [6, 6.07) is -0.148. The SMILES string of the molecule is Cl.NC[C@H]1CC[C@@H](C(=O)N2CCS(=O)(=O)C3CCCCC32)O1. The van der Waals surface area contributed by atoms with Crippen LogP contribution in [-0.2, 0) is 19.4 Å². The highest BCUT2D eigenvalue weighted by atomic mass is 35.5. The first-order valence-corrected chi connectivity index (χ1v) is 9.62. The van der Waals surface area contributed by atoms with Gasteiger partial charge in [-0.1, -0.05) is 12.8 Å². The summed E-state index contributed by atoms with van der Waals surface area (Å²) in [6.07, 6.45) is 4.47. The van der Waals surface area contributed by atoms with Crippen molar-refractivity contribution in [2.45, 2.75) is 62.0 Å². The number of rotatable bonds is 2. The zero-order valence-corrected chi connectivity index (χ0v) is 14.3. The molecule has 1 saturated carbocycles. The zero-order valence-electron chi connectivity index (χ0n) is 12.6. The smallest absolute Gasteiger partial charge is 0.252 e. The molecule has 2 N–H and O–H groups in total. The van der Waals surface area contributed by atoms with Crippen LogP contribution in [0.5, 0.6) is 0 Å². The summed E-state index contributed by atoms with van der Waals surface area (Å²) >= 11 is 0. The van der Waals surface area contributed by atoms with Crippen LogP contribution >= 0.6 is 12.4 Å². The van der Waals surface area contributed by atoms with E-state index in [1.807, 2.05) is 0 Å². The lowest BCUT2D eigenvalue weighted by molar-refractivity contribution is -0.145. The van der Waals surface area contributed by atoms with Gasteiger partial charge < -0.3 is 15.4 Å². The van der Waals surface area contributed by atoms with Crippen LogP contribution in [0.15, 0.2) is 0 Å². The first kappa shape index (κ1) is 18.0. The standard InChI is InChI=1S/C14H24N2O4S.ClH/c15-9-10-5-6-12(20-10)14(17)16-7-8-21(18,19)13-4-2-1-3-11(13)16;/h10-13H,1-9,15H2;1H/t10-,11?,12+,13?;/m1./s1. The Labute approximate surface area is 138 Å². The van der Waals surface area contributed by atoms with E-state index in [2.05, 4.69) is 0 Å². The van der Waals surface area contributed by atoms with Crippen molar-refractivity contribution >= 4 is 28.2 Å². The Hall–Kier alpha value is -0.370. The molecule has 22 heavy (non-hydrogen) atoms. The van der Waals surface area contributed by atoms with Gasteiger partial charge in [0.15, 0.2) is 9.84 Å². The quantitative estimate of drug-likeness (QED) is 0.780. The Bertz CT molecular complexity index is 513. The molecule has 3 aliphatic rings. The van der Waals surface area contributed by atoms with Crippen LogP contribution in [-0.4, -0.2) is 61.6 Å². The molecule has 2 saturated heterocycles. The Morgan fingerprint density at radius 2 is 1.91 bits per heavy atom. The van der Waals surface area contributed by atoms with Gasteiger partial charge in [0.2, 0.25) is 0 Å². The fourth-order valence-corrected chi connectivity index (χ4v) is 5.96. The molecule has 128 valence electrons. The number of ether oxygens (including phenoxy) is 1. The van der Waals surface area contributed by atoms with Crippen molar-refractivity contribution in [3.63, 3.8) is 0 Å². The average molecular weight is 353 g/mol. The Balaban J connectivity index is 0.00000176. The van der Waals surface area contributed by atoms with Gasteiger partial charge in [-0.25, -0.2) is 8.42 Å². The second-order valence-electron chi connectivity index (χ2n) is 6.35. The van der Waals surface area contributed by atoms with E-state index in [9.17, 15) is 13.2 Å². The number of carbonyl (C=O) groups is 1. The van der Waals surface area contributed by atoms with Crippen molar-refractivity contribution < 1.29 is 17.9 Å². The maximum Gasteiger partial charge on any atom is 0.252 e. The monoisotopic (exact) mass is 352 g/mol. The van der Waals surface area contributed by atoms with Crippen LogP contribution in [0.1, 0.15) is 38.5 Å². The summed E-state index contributed by atoms with van der Waals surface area (Å²) in [5, 5.41) is -0.365. The molecule has 3 fully saturated rings. The first-order chi connectivity index (χ1) is 10.0. The molecular weight excluding hydrogens is 328 g/mol. The molecule has 0 aromatic rings. The Kier molecular flexibility index (Phi) is 5.74. The maximum atomic E-state index is 12.7. The highest BCUT2D eigenvalue weighted by Crippen LogP contribution is 2.33. The van der Waals surface area contributed by atoms with Gasteiger partial charge in [0.25, 0.3) is 5.91 Å². The molecule has 0 aromatic carbocycles. The van der Waals surface area contributed by atoms with Gasteiger partial charge in [-0.05, 0) is 25.7 Å². The zero-order chi connectivity index (χ0) is 15.0. The minimum Gasteiger partial charge on any atom is -0.364 e. The number of hydrogen-bond donors (Lipinski definition) is 1. The number of fused-ring (bicyclic) bond motifs is 1. The van der Waals surface area contributed by atoms with Gasteiger partial charge in [-0.15, -0.1) is 12.4 Å². The summed E-state index contributed by atoms with van der Waals surface area (Å²) in [4.78, 5) is 14.5. The van der Waals surface area contributed by atoms with Crippen LogP contribution in [0.4, 0.5) is 0 Å². The lowest BCUT2D eigenvalue weighted by Gasteiger charge is -2.44. The van der Waals surface area contributed by atoms with E-state index in [-0.39, 0.29) is 41.5 Å². The highest BCUT2D eigenvalue weighted by molar-refractivity contribution is 7.92. The first-order valence-electron chi connectivity index (χ1n) is 7.90. The van der Waals surface area contributed by atoms with Gasteiger partial charge in [0.05, 0.1) is 17.1 Å². The summed E-state index contributed by atoms with van der Waals surface area (Å²) in [5.74, 6) is 0.0604. The Morgan fingerprint density at radius 1 is 1.18 bits per heavy atom. The van der Waals surface area contributed by atoms with E-state index in [4.69, 9.17) is 10.5 Å². The van der Waals surface area contributed by atoms with E-state index in [1.165, 1.54) is 0 Å². The third-order valence-electron chi connectivity index (χ3n) is 5.07. The number of halogens is 1. The predicted molar refractivity (Wildman–Crippen MR) is 85.7 cm³/mol. The lowest BCUT2D eigenvalue weighted by atomic mass is 9.93. The molecule has 0 bridgehead atoms. The molecule has 1 amide bonds. The number of amides is 1. The fourth-order valence-electron chi connectivity index (χ4n) is 3.91. The van der Waals surface area contributed by atoms with Crippen LogP contribution in [0, 0.1) is 0 Å². The summed E-state index contributed by atoms with van der Waals surface area (Å²) in [7, 11) is -3.04. The van der Waals surface area contributed by atoms with Crippen molar-refractivity contribution in [1.82, 2.24) is 4.90 Å². The van der Waals surface area contributed by atoms with Gasteiger partial charge in [-0.3, -0.25) is 4.79 Å². The Morgan fingerprint density at radius 3 is 2.59 bits per heavy atom. The summed E-state index contributed by atoms with van der Waals surface area (Å²) in [6.45, 7) is 0.750. The minimum atomic E-state index is -3.04. The number of sulfone groups is 1. The molecule has 6 nitrogen and oxygen atoms in total. The van der Waals surface area contributed by atoms with Crippen molar-refractivity contribution in [2.75, 3.05) is 18.8 Å². The number of carbonyl (C=O) groups excluding carboxylic acids is 1. The molecule has 2 heterocycles. The molecule has 0 radical (unpaired) electrons. The average Bonchev–Trinajstić information content (AvgIpc) is 2.96. The lowest BCUT2D eigenvalue weighted by Crippen LogP contribution is -2.59. The molecular formula is C14H25ClN2O4S. The van der Waals surface area contributed by atoms with Crippen LogP contribution in [0.2, 0.25) is 0 Å². The fraction of sp³-hybridized carbons (Fsp3) is 0.929. The molecule has 0 aromatic heterocycles. The number of nitrogens with two attached hydrogens (primary N) is 1. The van der Waals surface area contributed by atoms with E-state index < -0.39 is 15.9 Å². The molecule has 0 spiro atoms. The van der Waals surface area contributed by atoms with Crippen LogP contribution in [0.25, 0.3) is 0 Å². The van der Waals surface area contributed by atoms with E-state index in [1.54, 1.807) is 4.90 Å². The van der Waals surface area contributed by atoms with Crippen molar-refractivity contribution in [3.8, 4) is 0 Å². The summed E-state index contributed by atoms with van der Waals surface area (Å²) in [5.41, 5.74) is 5.59. The van der Waals surface area contributed by atoms with E-state index >= 15 is 0 Å². The van der Waals surface area contributed by atoms with Gasteiger partial charge in [0.1, 0.15) is 6.10 Å². The highest BCUT2D eigenvalue weighted by Gasteiger charge is 2.46. The second-order valence-corrected chi connectivity index (χ2v) is 8.69. The van der Waals surface area contributed by atoms with Crippen molar-refractivity contribution in [2.24, 2.45) is 5.73 Å². The van der Waals surface area contributed by atoms with Gasteiger partial charge in [-0.2, -0.15) is 0 Å². The number of nitrogens with zero attached hydrogens (tertiary/aromatic N) is 1. The van der Waals surface area contributed by atoms with Crippen LogP contribution in [0.3, 0.4) is 0 Å². The van der Waals surface area contributed by atoms with E-state index in [0.29, 0.717) is 25.9 Å². The van der Waals surface area contributed by atoms with Crippen molar-refractivity contribution in [1.29, 1.82) is 0 Å². The topological polar surface area (TPSA) is 89.7 Å². The molecule has 1 aliphatic carbocycles. The molecule has 2 unspecified atom stereocenters. The van der Waals surface area contributed by atoms with Gasteiger partial charge in [0, 0.05) is 19.1 Å². The molecule has 2 aliphatic heterocycles. The molecule has 3 rings (SSSR count). The third kappa shape index (κ3) is 3.27. The molecule has 8 heteroatoms. The normalized spacial score (nSPS) is 37.2. The summed E-state index contributed by atoms with van der Waals surface area (Å²) < 4.78 is 30.1. The largest absolute Gasteiger partial charge is 0.364 e. The third-order valence-corrected chi connectivity index (χ3v) is 7.30. The predicted octanol–water partition coefficient (Wildman–Crippen LogP) is 0.483.